The summed E-state index contributed by atoms with van der Waals surface area (Å²) in [6, 6.07) is 7.73. The molecule has 2 fully saturated rings. The molecule has 0 radical (unpaired) electrons. The molecule has 1 aromatic carbocycles. The Morgan fingerprint density at radius 3 is 2.76 bits per heavy atom. The smallest absolute Gasteiger partial charge is 0.335 e. The fourth-order valence-corrected chi connectivity index (χ4v) is 3.24. The minimum absolute atomic E-state index is 0.0212. The van der Waals surface area contributed by atoms with Gasteiger partial charge in [-0.05, 0) is 36.5 Å². The number of benzene rings is 1. The molecule has 1 saturated carbocycles. The minimum Gasteiger partial charge on any atom is -0.497 e. The molecule has 1 aliphatic carbocycles. The first kappa shape index (κ1) is 14.4. The van der Waals surface area contributed by atoms with E-state index in [4.69, 9.17) is 14.2 Å². The van der Waals surface area contributed by atoms with Crippen LogP contribution in [-0.2, 0) is 20.9 Å². The predicted molar refractivity (Wildman–Crippen MR) is 74.8 cm³/mol. The highest BCUT2D eigenvalue weighted by Gasteiger charge is 2.47. The lowest BCUT2D eigenvalue weighted by atomic mass is 9.91. The fourth-order valence-electron chi connectivity index (χ4n) is 3.24. The zero-order valence-corrected chi connectivity index (χ0v) is 12.0. The van der Waals surface area contributed by atoms with Gasteiger partial charge in [0.15, 0.2) is 6.10 Å². The molecule has 1 aliphatic heterocycles. The minimum atomic E-state index is -0.988. The maximum absolute atomic E-state index is 11.4. The molecule has 1 heterocycles. The van der Waals surface area contributed by atoms with Crippen molar-refractivity contribution in [2.24, 2.45) is 11.8 Å². The lowest BCUT2D eigenvalue weighted by molar-refractivity contribution is -0.167. The third kappa shape index (κ3) is 3.04. The van der Waals surface area contributed by atoms with Crippen LogP contribution in [0.4, 0.5) is 0 Å². The lowest BCUT2D eigenvalue weighted by Gasteiger charge is -2.25. The second-order valence-electron chi connectivity index (χ2n) is 5.76. The summed E-state index contributed by atoms with van der Waals surface area (Å²) in [7, 11) is 1.64. The summed E-state index contributed by atoms with van der Waals surface area (Å²) in [4.78, 5) is 11.4. The Hall–Kier alpha value is -1.59. The van der Waals surface area contributed by atoms with Gasteiger partial charge in [0.1, 0.15) is 11.9 Å². The Kier molecular flexibility index (Phi) is 4.12. The van der Waals surface area contributed by atoms with Crippen LogP contribution in [0.1, 0.15) is 18.4 Å². The van der Waals surface area contributed by atoms with Crippen LogP contribution in [0.25, 0.3) is 0 Å². The van der Waals surface area contributed by atoms with Gasteiger partial charge in [0, 0.05) is 5.92 Å². The number of hydrogen-bond acceptors (Lipinski definition) is 5. The van der Waals surface area contributed by atoms with Crippen LogP contribution in [-0.4, -0.2) is 37.0 Å². The van der Waals surface area contributed by atoms with E-state index in [1.54, 1.807) is 7.11 Å². The average molecular weight is 292 g/mol. The summed E-state index contributed by atoms with van der Waals surface area (Å²) in [5.74, 6) is 0.512. The highest BCUT2D eigenvalue weighted by atomic mass is 16.6. The van der Waals surface area contributed by atoms with Crippen molar-refractivity contribution in [2.75, 3.05) is 13.7 Å². The van der Waals surface area contributed by atoms with Gasteiger partial charge in [-0.1, -0.05) is 12.1 Å². The zero-order chi connectivity index (χ0) is 14.8. The van der Waals surface area contributed by atoms with Gasteiger partial charge >= 0.3 is 5.97 Å². The molecule has 2 aliphatic rings. The van der Waals surface area contributed by atoms with E-state index in [9.17, 15) is 9.90 Å². The van der Waals surface area contributed by atoms with Crippen LogP contribution in [0.2, 0.25) is 0 Å². The van der Waals surface area contributed by atoms with Crippen LogP contribution in [0.5, 0.6) is 5.75 Å². The highest BCUT2D eigenvalue weighted by Crippen LogP contribution is 2.40. The van der Waals surface area contributed by atoms with E-state index in [1.165, 1.54) is 0 Å². The third-order valence-electron chi connectivity index (χ3n) is 4.40. The topological polar surface area (TPSA) is 65.0 Å². The fraction of sp³-hybridized carbons (Fsp3) is 0.562. The van der Waals surface area contributed by atoms with E-state index in [-0.39, 0.29) is 17.9 Å². The van der Waals surface area contributed by atoms with Crippen LogP contribution >= 0.6 is 0 Å². The molecule has 21 heavy (non-hydrogen) atoms. The van der Waals surface area contributed by atoms with Gasteiger partial charge in [-0.3, -0.25) is 0 Å². The summed E-state index contributed by atoms with van der Waals surface area (Å²) in [5.41, 5.74) is 1.07. The number of esters is 1. The van der Waals surface area contributed by atoms with Gasteiger partial charge < -0.3 is 19.3 Å². The monoisotopic (exact) mass is 292 g/mol. The number of aliphatic hydroxyl groups excluding tert-OH is 1. The summed E-state index contributed by atoms with van der Waals surface area (Å²) in [5, 5.41) is 9.86. The Bertz CT molecular complexity index is 498. The second kappa shape index (κ2) is 6.03. The van der Waals surface area contributed by atoms with Gasteiger partial charge in [-0.2, -0.15) is 0 Å². The Balaban J connectivity index is 1.50. The number of fused-ring (bicyclic) bond motifs is 2. The Morgan fingerprint density at radius 1 is 1.29 bits per heavy atom. The van der Waals surface area contributed by atoms with Gasteiger partial charge in [-0.25, -0.2) is 4.79 Å². The molecule has 0 aromatic heterocycles. The number of ether oxygens (including phenoxy) is 3. The molecule has 5 heteroatoms. The summed E-state index contributed by atoms with van der Waals surface area (Å²) < 4.78 is 16.0. The van der Waals surface area contributed by atoms with Crippen LogP contribution in [0.15, 0.2) is 24.3 Å². The first-order valence-electron chi connectivity index (χ1n) is 7.26. The van der Waals surface area contributed by atoms with Crippen molar-refractivity contribution < 1.29 is 24.1 Å². The molecule has 0 unspecified atom stereocenters. The van der Waals surface area contributed by atoms with Crippen LogP contribution < -0.4 is 4.74 Å². The summed E-state index contributed by atoms with van der Waals surface area (Å²) >= 11 is 0. The third-order valence-corrected chi connectivity index (χ3v) is 4.40. The Labute approximate surface area is 123 Å². The number of carbonyl (C=O) groups excluding carboxylic acids is 1. The molecule has 5 nitrogen and oxygen atoms in total. The van der Waals surface area contributed by atoms with E-state index in [0.29, 0.717) is 13.2 Å². The van der Waals surface area contributed by atoms with E-state index < -0.39 is 12.1 Å². The molecule has 114 valence electrons. The Morgan fingerprint density at radius 2 is 2.05 bits per heavy atom. The molecular formula is C16H20O5. The molecule has 4 atom stereocenters. The summed E-state index contributed by atoms with van der Waals surface area (Å²) in [6.45, 7) is 1.06. The van der Waals surface area contributed by atoms with Crippen molar-refractivity contribution in [1.29, 1.82) is 0 Å². The van der Waals surface area contributed by atoms with Gasteiger partial charge in [0.05, 0.1) is 20.3 Å². The molecule has 0 spiro atoms. The molecule has 3 rings (SSSR count). The second-order valence-corrected chi connectivity index (χ2v) is 5.76. The van der Waals surface area contributed by atoms with Crippen molar-refractivity contribution in [3.63, 3.8) is 0 Å². The van der Waals surface area contributed by atoms with Crippen molar-refractivity contribution in [1.82, 2.24) is 0 Å². The number of carbonyl (C=O) groups is 1. The van der Waals surface area contributed by atoms with Gasteiger partial charge in [-0.15, -0.1) is 0 Å². The molecule has 0 amide bonds. The van der Waals surface area contributed by atoms with E-state index >= 15 is 0 Å². The van der Waals surface area contributed by atoms with Gasteiger partial charge in [0.25, 0.3) is 0 Å². The van der Waals surface area contributed by atoms with Crippen LogP contribution in [0.3, 0.4) is 0 Å². The largest absolute Gasteiger partial charge is 0.497 e. The van der Waals surface area contributed by atoms with E-state index in [1.807, 2.05) is 24.3 Å². The maximum Gasteiger partial charge on any atom is 0.335 e. The van der Waals surface area contributed by atoms with Gasteiger partial charge in [0.2, 0.25) is 0 Å². The quantitative estimate of drug-likeness (QED) is 0.834. The molecule has 2 bridgehead atoms. The number of methoxy groups -OCH3 is 1. The number of rotatable bonds is 5. The molecule has 1 N–H and O–H groups in total. The zero-order valence-electron chi connectivity index (χ0n) is 12.0. The van der Waals surface area contributed by atoms with E-state index in [0.717, 1.165) is 24.2 Å². The first-order valence-corrected chi connectivity index (χ1v) is 7.26. The number of aliphatic hydroxyl groups is 1. The summed E-state index contributed by atoms with van der Waals surface area (Å²) in [6.07, 6.45) is 0.512. The lowest BCUT2D eigenvalue weighted by Crippen LogP contribution is -2.38. The predicted octanol–water partition coefficient (Wildman–Crippen LogP) is 1.52. The normalized spacial score (nSPS) is 31.0. The highest BCUT2D eigenvalue weighted by molar-refractivity contribution is 5.76. The van der Waals surface area contributed by atoms with Crippen molar-refractivity contribution in [3.05, 3.63) is 29.8 Å². The van der Waals surface area contributed by atoms with Crippen molar-refractivity contribution >= 4 is 5.97 Å². The maximum atomic E-state index is 11.4. The molecule has 1 aromatic rings. The average Bonchev–Trinajstić information content (AvgIpc) is 2.84. The standard InChI is InChI=1S/C16H20O5/c1-19-12-4-2-10(3-5-12)8-20-9-11-6-13-7-14(11)15(17)16(18)21-13/h2-5,11,13-15,17H,6-9H2,1H3/t11-,13-,14-,15-/m1/s1. The van der Waals surface area contributed by atoms with Crippen molar-refractivity contribution in [3.8, 4) is 5.75 Å². The van der Waals surface area contributed by atoms with E-state index in [2.05, 4.69) is 0 Å². The SMILES string of the molecule is COc1ccc(COC[C@H]2C[C@@H]3C[C@H]2[C@@H](O)C(=O)O3)cc1. The van der Waals surface area contributed by atoms with Crippen LogP contribution in [0, 0.1) is 11.8 Å². The molecular weight excluding hydrogens is 272 g/mol. The molecule has 1 saturated heterocycles. The van der Waals surface area contributed by atoms with Crippen molar-refractivity contribution in [2.45, 2.75) is 31.7 Å². The first-order chi connectivity index (χ1) is 10.2. The number of hydrogen-bond donors (Lipinski definition) is 1.